The molecule has 0 atom stereocenters. The number of hydrogen-bond donors (Lipinski definition) is 2. The molecule has 2 aromatic rings. The van der Waals surface area contributed by atoms with E-state index in [1.807, 2.05) is 0 Å². The fourth-order valence-electron chi connectivity index (χ4n) is 3.09. The van der Waals surface area contributed by atoms with Gasteiger partial charge in [-0.15, -0.1) is 0 Å². The highest BCUT2D eigenvalue weighted by molar-refractivity contribution is 5.55. The van der Waals surface area contributed by atoms with E-state index in [1.165, 1.54) is 12.1 Å². The Hall–Kier alpha value is -2.21. The van der Waals surface area contributed by atoms with Gasteiger partial charge in [-0.05, 0) is 49.4 Å². The average Bonchev–Trinajstić information content (AvgIpc) is 2.64. The first kappa shape index (κ1) is 17.6. The van der Waals surface area contributed by atoms with Crippen LogP contribution in [0.2, 0.25) is 0 Å². The molecule has 1 aliphatic rings. The lowest BCUT2D eigenvalue weighted by atomic mass is 9.98. The van der Waals surface area contributed by atoms with Gasteiger partial charge in [0.2, 0.25) is 5.95 Å². The van der Waals surface area contributed by atoms with Gasteiger partial charge in [0.1, 0.15) is 11.6 Å². The van der Waals surface area contributed by atoms with Crippen molar-refractivity contribution in [2.75, 3.05) is 29.9 Å². The molecule has 5 nitrogen and oxygen atoms in total. The van der Waals surface area contributed by atoms with Crippen LogP contribution in [-0.2, 0) is 6.42 Å². The molecule has 6 heteroatoms. The third kappa shape index (κ3) is 4.66. The first-order valence-corrected chi connectivity index (χ1v) is 8.94. The van der Waals surface area contributed by atoms with Gasteiger partial charge < -0.3 is 15.3 Å². The topological polar surface area (TPSA) is 61.3 Å². The summed E-state index contributed by atoms with van der Waals surface area (Å²) >= 11 is 0. The molecule has 0 unspecified atom stereocenters. The number of anilines is 3. The number of aliphatic hydroxyl groups excluding tert-OH is 1. The number of nitrogens with one attached hydrogen (secondary N) is 1. The van der Waals surface area contributed by atoms with Crippen LogP contribution in [0.3, 0.4) is 0 Å². The van der Waals surface area contributed by atoms with Crippen molar-refractivity contribution in [2.24, 2.45) is 5.92 Å². The summed E-state index contributed by atoms with van der Waals surface area (Å²) in [6.45, 7) is 4.17. The second-order valence-electron chi connectivity index (χ2n) is 6.54. The molecule has 134 valence electrons. The minimum atomic E-state index is -0.265. The maximum Gasteiger partial charge on any atom is 0.229 e. The van der Waals surface area contributed by atoms with Gasteiger partial charge in [-0.3, -0.25) is 0 Å². The lowest BCUT2D eigenvalue weighted by Crippen LogP contribution is -2.35. The van der Waals surface area contributed by atoms with Crippen LogP contribution in [-0.4, -0.2) is 34.8 Å². The molecule has 0 saturated carbocycles. The molecule has 1 saturated heterocycles. The van der Waals surface area contributed by atoms with E-state index in [4.69, 9.17) is 0 Å². The van der Waals surface area contributed by atoms with E-state index in [1.54, 1.807) is 12.1 Å². The average molecular weight is 344 g/mol. The van der Waals surface area contributed by atoms with Crippen LogP contribution >= 0.6 is 0 Å². The molecule has 2 heterocycles. The Morgan fingerprint density at radius 1 is 1.20 bits per heavy atom. The Kier molecular flexibility index (Phi) is 5.81. The SMILES string of the molecule is CCCc1cc(N2CCC(CO)CC2)nc(Nc2ccc(F)cc2)n1. The number of nitrogens with zero attached hydrogens (tertiary/aromatic N) is 3. The largest absolute Gasteiger partial charge is 0.396 e. The van der Waals surface area contributed by atoms with Crippen LogP contribution in [0.1, 0.15) is 31.9 Å². The van der Waals surface area contributed by atoms with Gasteiger partial charge in [-0.1, -0.05) is 13.3 Å². The first-order valence-electron chi connectivity index (χ1n) is 8.94. The monoisotopic (exact) mass is 344 g/mol. The van der Waals surface area contributed by atoms with Crippen molar-refractivity contribution in [1.29, 1.82) is 0 Å². The summed E-state index contributed by atoms with van der Waals surface area (Å²) in [6.07, 6.45) is 3.86. The minimum Gasteiger partial charge on any atom is -0.396 e. The summed E-state index contributed by atoms with van der Waals surface area (Å²) in [4.78, 5) is 11.5. The van der Waals surface area contributed by atoms with Crippen LogP contribution in [0.5, 0.6) is 0 Å². The van der Waals surface area contributed by atoms with Crippen LogP contribution in [0.4, 0.5) is 21.8 Å². The molecule has 1 aromatic heterocycles. The molecule has 0 aliphatic carbocycles. The molecule has 1 aromatic carbocycles. The predicted molar refractivity (Wildman–Crippen MR) is 97.7 cm³/mol. The van der Waals surface area contributed by atoms with Crippen LogP contribution in [0, 0.1) is 11.7 Å². The lowest BCUT2D eigenvalue weighted by Gasteiger charge is -2.32. The molecule has 0 bridgehead atoms. The molecular formula is C19H25FN4O. The van der Waals surface area contributed by atoms with Crippen molar-refractivity contribution in [1.82, 2.24) is 9.97 Å². The van der Waals surface area contributed by atoms with Crippen LogP contribution < -0.4 is 10.2 Å². The van der Waals surface area contributed by atoms with Crippen molar-refractivity contribution in [3.8, 4) is 0 Å². The Bertz CT molecular complexity index is 684. The van der Waals surface area contributed by atoms with Crippen molar-refractivity contribution in [2.45, 2.75) is 32.6 Å². The van der Waals surface area contributed by atoms with Crippen LogP contribution in [0.25, 0.3) is 0 Å². The number of aromatic nitrogens is 2. The molecule has 25 heavy (non-hydrogen) atoms. The van der Waals surface area contributed by atoms with E-state index in [0.29, 0.717) is 11.9 Å². The van der Waals surface area contributed by atoms with Crippen LogP contribution in [0.15, 0.2) is 30.3 Å². The Morgan fingerprint density at radius 2 is 1.92 bits per heavy atom. The summed E-state index contributed by atoms with van der Waals surface area (Å²) in [5.41, 5.74) is 1.77. The standard InChI is InChI=1S/C19H25FN4O/c1-2-3-17-12-18(24-10-8-14(13-25)9-11-24)23-19(22-17)21-16-6-4-15(20)5-7-16/h4-7,12,14,25H,2-3,8-11,13H2,1H3,(H,21,22,23). The summed E-state index contributed by atoms with van der Waals surface area (Å²) in [7, 11) is 0. The van der Waals surface area contributed by atoms with Crippen molar-refractivity contribution in [3.63, 3.8) is 0 Å². The van der Waals surface area contributed by atoms with Gasteiger partial charge in [0, 0.05) is 37.1 Å². The number of benzene rings is 1. The highest BCUT2D eigenvalue weighted by Crippen LogP contribution is 2.24. The summed E-state index contributed by atoms with van der Waals surface area (Å²) in [5, 5.41) is 12.5. The van der Waals surface area contributed by atoms with E-state index in [2.05, 4.69) is 33.2 Å². The van der Waals surface area contributed by atoms with E-state index in [9.17, 15) is 9.50 Å². The Morgan fingerprint density at radius 3 is 2.56 bits per heavy atom. The van der Waals surface area contributed by atoms with E-state index >= 15 is 0 Å². The van der Waals surface area contributed by atoms with Crippen molar-refractivity contribution in [3.05, 3.63) is 41.8 Å². The second kappa shape index (κ2) is 8.25. The number of halogens is 1. The number of rotatable bonds is 6. The van der Waals surface area contributed by atoms with Gasteiger partial charge in [0.15, 0.2) is 0 Å². The van der Waals surface area contributed by atoms with E-state index in [-0.39, 0.29) is 12.4 Å². The fraction of sp³-hybridized carbons (Fsp3) is 0.474. The van der Waals surface area contributed by atoms with Crippen molar-refractivity contribution >= 4 is 17.5 Å². The highest BCUT2D eigenvalue weighted by Gasteiger charge is 2.20. The number of aliphatic hydroxyl groups is 1. The van der Waals surface area contributed by atoms with Gasteiger partial charge in [0.05, 0.1) is 0 Å². The molecular weight excluding hydrogens is 319 g/mol. The quantitative estimate of drug-likeness (QED) is 0.839. The summed E-state index contributed by atoms with van der Waals surface area (Å²) in [6, 6.07) is 8.24. The van der Waals surface area contributed by atoms with Gasteiger partial charge >= 0.3 is 0 Å². The summed E-state index contributed by atoms with van der Waals surface area (Å²) in [5.74, 6) is 1.58. The van der Waals surface area contributed by atoms with Gasteiger partial charge in [-0.25, -0.2) is 9.37 Å². The third-order valence-electron chi connectivity index (χ3n) is 4.57. The molecule has 2 N–H and O–H groups in total. The van der Waals surface area contributed by atoms with Crippen molar-refractivity contribution < 1.29 is 9.50 Å². The maximum absolute atomic E-state index is 13.1. The van der Waals surface area contributed by atoms with E-state index in [0.717, 1.165) is 56.0 Å². The number of hydrogen-bond acceptors (Lipinski definition) is 5. The highest BCUT2D eigenvalue weighted by atomic mass is 19.1. The number of aryl methyl sites for hydroxylation is 1. The fourth-order valence-corrected chi connectivity index (χ4v) is 3.09. The maximum atomic E-state index is 13.1. The first-order chi connectivity index (χ1) is 12.2. The zero-order chi connectivity index (χ0) is 17.6. The molecule has 1 fully saturated rings. The number of piperidine rings is 1. The lowest BCUT2D eigenvalue weighted by molar-refractivity contribution is 0.203. The smallest absolute Gasteiger partial charge is 0.229 e. The molecule has 0 spiro atoms. The zero-order valence-corrected chi connectivity index (χ0v) is 14.6. The van der Waals surface area contributed by atoms with E-state index < -0.39 is 0 Å². The Labute approximate surface area is 147 Å². The second-order valence-corrected chi connectivity index (χ2v) is 6.54. The third-order valence-corrected chi connectivity index (χ3v) is 4.57. The molecule has 3 rings (SSSR count). The van der Waals surface area contributed by atoms with Gasteiger partial charge in [0.25, 0.3) is 0 Å². The normalized spacial score (nSPS) is 15.4. The minimum absolute atomic E-state index is 0.260. The molecule has 1 aliphatic heterocycles. The zero-order valence-electron chi connectivity index (χ0n) is 14.6. The van der Waals surface area contributed by atoms with Gasteiger partial charge in [-0.2, -0.15) is 4.98 Å². The Balaban J connectivity index is 1.80. The molecule has 0 radical (unpaired) electrons. The molecule has 0 amide bonds. The summed E-state index contributed by atoms with van der Waals surface area (Å²) < 4.78 is 13.1. The predicted octanol–water partition coefficient (Wildman–Crippen LogP) is 3.52.